The Hall–Kier alpha value is -2.19. The number of likely N-dealkylation sites (tertiary alicyclic amines) is 1. The lowest BCUT2D eigenvalue weighted by atomic mass is 9.98. The smallest absolute Gasteiger partial charge is 0.347 e. The molecule has 1 aliphatic heterocycles. The van der Waals surface area contributed by atoms with Gasteiger partial charge in [0.1, 0.15) is 6.54 Å². The van der Waals surface area contributed by atoms with E-state index in [1.54, 1.807) is 5.32 Å². The first kappa shape index (κ1) is 16.2. The van der Waals surface area contributed by atoms with E-state index in [9.17, 15) is 31.5 Å². The van der Waals surface area contributed by atoms with Gasteiger partial charge in [-0.15, -0.1) is 0 Å². The number of nitrogens with zero attached hydrogens (tertiary/aromatic N) is 1. The lowest BCUT2D eigenvalue weighted by Gasteiger charge is -2.38. The molecule has 0 spiro atoms. The van der Waals surface area contributed by atoms with Gasteiger partial charge in [0.05, 0.1) is 5.92 Å². The second kappa shape index (κ2) is 5.90. The third-order valence-corrected chi connectivity index (χ3v) is 3.17. The van der Waals surface area contributed by atoms with Crippen molar-refractivity contribution in [2.75, 3.05) is 19.6 Å². The van der Waals surface area contributed by atoms with Gasteiger partial charge in [0.15, 0.2) is 11.6 Å². The molecule has 0 unspecified atom stereocenters. The summed E-state index contributed by atoms with van der Waals surface area (Å²) in [7, 11) is 0. The normalized spacial score (nSPS) is 15.4. The van der Waals surface area contributed by atoms with Gasteiger partial charge >= 0.3 is 6.18 Å². The number of carbonyl (C=O) groups is 2. The van der Waals surface area contributed by atoms with E-state index in [0.29, 0.717) is 0 Å². The van der Waals surface area contributed by atoms with E-state index in [1.807, 2.05) is 0 Å². The van der Waals surface area contributed by atoms with Crippen molar-refractivity contribution in [1.82, 2.24) is 10.2 Å². The minimum Gasteiger partial charge on any atom is -0.347 e. The summed E-state index contributed by atoms with van der Waals surface area (Å²) in [5, 5.41) is 1.73. The first-order chi connectivity index (χ1) is 10.2. The van der Waals surface area contributed by atoms with Crippen molar-refractivity contribution in [1.29, 1.82) is 0 Å². The van der Waals surface area contributed by atoms with Crippen molar-refractivity contribution in [3.05, 3.63) is 35.4 Å². The van der Waals surface area contributed by atoms with Crippen LogP contribution in [0.4, 0.5) is 22.0 Å². The van der Waals surface area contributed by atoms with Gasteiger partial charge in [-0.3, -0.25) is 9.59 Å². The fourth-order valence-corrected chi connectivity index (χ4v) is 1.95. The molecule has 1 N–H and O–H groups in total. The van der Waals surface area contributed by atoms with Crippen LogP contribution in [0.1, 0.15) is 10.4 Å². The highest BCUT2D eigenvalue weighted by atomic mass is 19.4. The Labute approximate surface area is 121 Å². The molecule has 1 saturated heterocycles. The minimum atomic E-state index is -4.50. The summed E-state index contributed by atoms with van der Waals surface area (Å²) >= 11 is 0. The Morgan fingerprint density at radius 2 is 1.82 bits per heavy atom. The van der Waals surface area contributed by atoms with Gasteiger partial charge in [-0.2, -0.15) is 13.2 Å². The molecule has 0 radical (unpaired) electrons. The Kier molecular flexibility index (Phi) is 4.34. The molecule has 4 nitrogen and oxygen atoms in total. The summed E-state index contributed by atoms with van der Waals surface area (Å²) in [5.74, 6) is -4.42. The highest BCUT2D eigenvalue weighted by Gasteiger charge is 2.37. The van der Waals surface area contributed by atoms with Crippen LogP contribution in [0.2, 0.25) is 0 Å². The van der Waals surface area contributed by atoms with Gasteiger partial charge in [-0.1, -0.05) is 0 Å². The Morgan fingerprint density at radius 3 is 2.36 bits per heavy atom. The molecule has 0 aliphatic carbocycles. The predicted molar refractivity (Wildman–Crippen MR) is 64.8 cm³/mol. The van der Waals surface area contributed by atoms with E-state index in [4.69, 9.17) is 0 Å². The molecule has 0 aromatic heterocycles. The summed E-state index contributed by atoms with van der Waals surface area (Å²) in [6, 6.07) is 2.63. The van der Waals surface area contributed by atoms with E-state index in [0.717, 1.165) is 18.2 Å². The van der Waals surface area contributed by atoms with E-state index in [2.05, 4.69) is 0 Å². The SMILES string of the molecule is O=C(NCC(F)(F)F)C1CN(C(=O)c2ccc(F)c(F)c2)C1. The number of hydrogen-bond donors (Lipinski definition) is 1. The number of halogens is 5. The Morgan fingerprint density at radius 1 is 1.18 bits per heavy atom. The molecule has 2 rings (SSSR count). The monoisotopic (exact) mass is 322 g/mol. The van der Waals surface area contributed by atoms with Crippen molar-refractivity contribution < 1.29 is 31.5 Å². The van der Waals surface area contributed by atoms with Crippen LogP contribution in [0.15, 0.2) is 18.2 Å². The first-order valence-corrected chi connectivity index (χ1v) is 6.26. The van der Waals surface area contributed by atoms with Crippen LogP contribution in [-0.2, 0) is 4.79 Å². The second-order valence-corrected chi connectivity index (χ2v) is 4.87. The summed E-state index contributed by atoms with van der Waals surface area (Å²) < 4.78 is 61.6. The molecule has 0 bridgehead atoms. The average molecular weight is 322 g/mol. The van der Waals surface area contributed by atoms with E-state index in [1.165, 1.54) is 4.90 Å². The number of nitrogens with one attached hydrogen (secondary N) is 1. The zero-order valence-corrected chi connectivity index (χ0v) is 11.1. The van der Waals surface area contributed by atoms with Gasteiger partial charge in [-0.05, 0) is 18.2 Å². The van der Waals surface area contributed by atoms with Crippen LogP contribution < -0.4 is 5.32 Å². The third kappa shape index (κ3) is 3.71. The second-order valence-electron chi connectivity index (χ2n) is 4.87. The third-order valence-electron chi connectivity index (χ3n) is 3.17. The van der Waals surface area contributed by atoms with Crippen LogP contribution in [0.3, 0.4) is 0 Å². The summed E-state index contributed by atoms with van der Waals surface area (Å²) in [6.45, 7) is -1.57. The highest BCUT2D eigenvalue weighted by molar-refractivity contribution is 5.96. The van der Waals surface area contributed by atoms with Crippen LogP contribution in [-0.4, -0.2) is 42.5 Å². The lowest BCUT2D eigenvalue weighted by molar-refractivity contribution is -0.143. The molecular formula is C13H11F5N2O2. The molecule has 0 atom stereocenters. The molecule has 9 heteroatoms. The molecular weight excluding hydrogens is 311 g/mol. The molecule has 1 fully saturated rings. The standard InChI is InChI=1S/C13H11F5N2O2/c14-9-2-1-7(3-10(9)15)12(22)20-4-8(5-20)11(21)19-6-13(16,17)18/h1-3,8H,4-6H2,(H,19,21). The Balaban J connectivity index is 1.86. The van der Waals surface area contributed by atoms with Crippen LogP contribution in [0.25, 0.3) is 0 Å². The topological polar surface area (TPSA) is 49.4 Å². The molecule has 1 aromatic carbocycles. The lowest BCUT2D eigenvalue weighted by Crippen LogP contribution is -2.56. The maximum absolute atomic E-state index is 13.0. The van der Waals surface area contributed by atoms with Crippen LogP contribution >= 0.6 is 0 Å². The van der Waals surface area contributed by atoms with Gasteiger partial charge in [-0.25, -0.2) is 8.78 Å². The number of hydrogen-bond acceptors (Lipinski definition) is 2. The van der Waals surface area contributed by atoms with Gasteiger partial charge in [0.25, 0.3) is 5.91 Å². The number of rotatable bonds is 3. The molecule has 120 valence electrons. The van der Waals surface area contributed by atoms with Crippen molar-refractivity contribution >= 4 is 11.8 Å². The predicted octanol–water partition coefficient (Wildman–Crippen LogP) is 1.72. The largest absolute Gasteiger partial charge is 0.405 e. The fraction of sp³-hybridized carbons (Fsp3) is 0.385. The Bertz CT molecular complexity index is 597. The van der Waals surface area contributed by atoms with Crippen LogP contribution in [0, 0.1) is 17.6 Å². The van der Waals surface area contributed by atoms with E-state index >= 15 is 0 Å². The molecule has 1 aromatic rings. The average Bonchev–Trinajstić information content (AvgIpc) is 2.37. The number of carbonyl (C=O) groups excluding carboxylic acids is 2. The molecule has 0 saturated carbocycles. The summed E-state index contributed by atoms with van der Waals surface area (Å²) in [5.41, 5.74) is -0.0898. The van der Waals surface area contributed by atoms with E-state index in [-0.39, 0.29) is 18.7 Å². The van der Waals surface area contributed by atoms with Gasteiger partial charge < -0.3 is 10.2 Å². The van der Waals surface area contributed by atoms with Crippen molar-refractivity contribution in [3.63, 3.8) is 0 Å². The quantitative estimate of drug-likeness (QED) is 0.862. The van der Waals surface area contributed by atoms with Crippen molar-refractivity contribution in [2.45, 2.75) is 6.18 Å². The maximum Gasteiger partial charge on any atom is 0.405 e. The van der Waals surface area contributed by atoms with Gasteiger partial charge in [0.2, 0.25) is 5.91 Å². The van der Waals surface area contributed by atoms with Crippen LogP contribution in [0.5, 0.6) is 0 Å². The molecule has 2 amide bonds. The van der Waals surface area contributed by atoms with Gasteiger partial charge in [0, 0.05) is 18.7 Å². The number of amides is 2. The first-order valence-electron chi connectivity index (χ1n) is 6.26. The fourth-order valence-electron chi connectivity index (χ4n) is 1.95. The summed E-state index contributed by atoms with van der Waals surface area (Å²) in [6.07, 6.45) is -4.50. The molecule has 22 heavy (non-hydrogen) atoms. The van der Waals surface area contributed by atoms with Crippen molar-refractivity contribution in [3.8, 4) is 0 Å². The number of alkyl halides is 3. The molecule has 1 heterocycles. The maximum atomic E-state index is 13.0. The van der Waals surface area contributed by atoms with Crippen molar-refractivity contribution in [2.24, 2.45) is 5.92 Å². The van der Waals surface area contributed by atoms with E-state index < -0.39 is 42.1 Å². The minimum absolute atomic E-state index is 0.0679. The zero-order chi connectivity index (χ0) is 16.5. The zero-order valence-electron chi connectivity index (χ0n) is 11.1. The number of benzene rings is 1. The summed E-state index contributed by atoms with van der Waals surface area (Å²) in [4.78, 5) is 24.5. The highest BCUT2D eigenvalue weighted by Crippen LogP contribution is 2.20. The molecule has 1 aliphatic rings.